The molecule has 1 amide bonds. The molecule has 0 unspecified atom stereocenters. The first kappa shape index (κ1) is 23.5. The number of carbonyl (C=O) groups excluding carboxylic acids is 1. The van der Waals surface area contributed by atoms with Crippen molar-refractivity contribution >= 4 is 29.3 Å². The molecule has 0 bridgehead atoms. The summed E-state index contributed by atoms with van der Waals surface area (Å²) in [7, 11) is 0. The van der Waals surface area contributed by atoms with Crippen LogP contribution in [0.15, 0.2) is 89.5 Å². The predicted molar refractivity (Wildman–Crippen MR) is 138 cm³/mol. The number of allylic oxidation sites excluding steroid dienone is 1. The van der Waals surface area contributed by atoms with Crippen molar-refractivity contribution in [2.45, 2.75) is 25.5 Å². The number of hydrogen-bond acceptors (Lipinski definition) is 5. The lowest BCUT2D eigenvalue weighted by atomic mass is 9.86. The molecule has 0 spiro atoms. The molecule has 0 aromatic heterocycles. The van der Waals surface area contributed by atoms with Crippen LogP contribution in [0.4, 0.5) is 0 Å². The summed E-state index contributed by atoms with van der Waals surface area (Å²) in [5.41, 5.74) is 3.74. The number of thioether (sulfide) groups is 1. The number of ether oxygens (including phenoxy) is 1. The number of halogens is 1. The van der Waals surface area contributed by atoms with Gasteiger partial charge in [-0.25, -0.2) is 0 Å². The smallest absolute Gasteiger partial charge is 0.229 e. The summed E-state index contributed by atoms with van der Waals surface area (Å²) in [5, 5.41) is 11.5. The van der Waals surface area contributed by atoms with E-state index in [0.717, 1.165) is 28.6 Å². The Labute approximate surface area is 214 Å². The van der Waals surface area contributed by atoms with E-state index in [1.54, 1.807) is 16.7 Å². The van der Waals surface area contributed by atoms with Gasteiger partial charge in [0.15, 0.2) is 0 Å². The van der Waals surface area contributed by atoms with Gasteiger partial charge < -0.3 is 4.74 Å². The average Bonchev–Trinajstić information content (AvgIpc) is 2.89. The van der Waals surface area contributed by atoms with Gasteiger partial charge in [-0.15, -0.1) is 0 Å². The SMILES string of the molecule is N#CC1=C2SCN(Cc3ccccc3)CN2C(=O)C[C@H]1c1ccc(OCc2ccccc2Cl)cc1. The van der Waals surface area contributed by atoms with Crippen LogP contribution in [0.1, 0.15) is 29.0 Å². The van der Waals surface area contributed by atoms with Crippen molar-refractivity contribution in [1.82, 2.24) is 9.80 Å². The second kappa shape index (κ2) is 10.6. The van der Waals surface area contributed by atoms with Crippen LogP contribution in [-0.2, 0) is 17.9 Å². The molecule has 0 saturated carbocycles. The van der Waals surface area contributed by atoms with Gasteiger partial charge in [0.05, 0.1) is 29.2 Å². The molecule has 1 saturated heterocycles. The van der Waals surface area contributed by atoms with Gasteiger partial charge in [-0.1, -0.05) is 84.0 Å². The highest BCUT2D eigenvalue weighted by Crippen LogP contribution is 2.43. The lowest BCUT2D eigenvalue weighted by Crippen LogP contribution is -2.46. The van der Waals surface area contributed by atoms with E-state index in [4.69, 9.17) is 16.3 Å². The van der Waals surface area contributed by atoms with Crippen molar-refractivity contribution < 1.29 is 9.53 Å². The maximum absolute atomic E-state index is 13.1. The van der Waals surface area contributed by atoms with E-state index in [-0.39, 0.29) is 18.2 Å². The molecule has 0 radical (unpaired) electrons. The summed E-state index contributed by atoms with van der Waals surface area (Å²) in [5.74, 6) is 1.26. The Hall–Kier alpha value is -3.24. The van der Waals surface area contributed by atoms with Crippen molar-refractivity contribution in [2.24, 2.45) is 0 Å². The standard InChI is InChI=1S/C28H24ClN3O2S/c29-26-9-5-4-8-22(26)17-34-23-12-10-21(11-13-23)24-14-27(33)32-18-31(16-20-6-2-1-3-7-20)19-35-28(32)25(24)15-30/h1-13,24H,14,16-19H2/t24-/m0/s1. The molecule has 176 valence electrons. The highest BCUT2D eigenvalue weighted by atomic mass is 35.5. The molecule has 7 heteroatoms. The van der Waals surface area contributed by atoms with Gasteiger partial charge in [-0.2, -0.15) is 5.26 Å². The molecule has 3 aromatic carbocycles. The predicted octanol–water partition coefficient (Wildman–Crippen LogP) is 6.13. The Kier molecular flexibility index (Phi) is 7.10. The number of carbonyl (C=O) groups is 1. The third-order valence-corrected chi connectivity index (χ3v) is 7.81. The molecular weight excluding hydrogens is 478 g/mol. The summed E-state index contributed by atoms with van der Waals surface area (Å²) < 4.78 is 5.89. The second-order valence-corrected chi connectivity index (χ2v) is 9.93. The highest BCUT2D eigenvalue weighted by Gasteiger charge is 2.38. The summed E-state index contributed by atoms with van der Waals surface area (Å²) >= 11 is 7.78. The number of amides is 1. The first-order chi connectivity index (χ1) is 17.1. The van der Waals surface area contributed by atoms with E-state index in [0.29, 0.717) is 29.6 Å². The number of hydrogen-bond donors (Lipinski definition) is 0. The average molecular weight is 502 g/mol. The van der Waals surface area contributed by atoms with Crippen LogP contribution in [0.5, 0.6) is 5.75 Å². The Balaban J connectivity index is 1.29. The zero-order valence-electron chi connectivity index (χ0n) is 19.1. The fourth-order valence-corrected chi connectivity index (χ4v) is 5.73. The van der Waals surface area contributed by atoms with E-state index in [2.05, 4.69) is 23.1 Å². The van der Waals surface area contributed by atoms with E-state index in [9.17, 15) is 10.1 Å². The molecule has 5 nitrogen and oxygen atoms in total. The molecule has 3 aromatic rings. The molecule has 1 atom stereocenters. The molecule has 0 N–H and O–H groups in total. The van der Waals surface area contributed by atoms with Crippen LogP contribution in [-0.4, -0.2) is 28.3 Å². The van der Waals surface area contributed by atoms with Crippen molar-refractivity contribution in [3.63, 3.8) is 0 Å². The Bertz CT molecular complexity index is 1290. The second-order valence-electron chi connectivity index (χ2n) is 8.59. The molecule has 2 aliphatic heterocycles. The highest BCUT2D eigenvalue weighted by molar-refractivity contribution is 8.03. The third kappa shape index (κ3) is 5.23. The number of rotatable bonds is 6. The normalized spacial score (nSPS) is 18.2. The Morgan fingerprint density at radius 2 is 1.77 bits per heavy atom. The fourth-order valence-electron chi connectivity index (χ4n) is 4.41. The minimum absolute atomic E-state index is 0.0494. The van der Waals surface area contributed by atoms with E-state index >= 15 is 0 Å². The molecule has 2 heterocycles. The van der Waals surface area contributed by atoms with Gasteiger partial charge in [0.2, 0.25) is 5.91 Å². The summed E-state index contributed by atoms with van der Waals surface area (Å²) in [4.78, 5) is 17.1. The monoisotopic (exact) mass is 501 g/mol. The lowest BCUT2D eigenvalue weighted by molar-refractivity contribution is -0.131. The summed E-state index contributed by atoms with van der Waals surface area (Å²) in [6.45, 7) is 1.65. The minimum atomic E-state index is -0.246. The van der Waals surface area contributed by atoms with Crippen LogP contribution in [0.25, 0.3) is 0 Å². The number of fused-ring (bicyclic) bond motifs is 1. The molecular formula is C28H24ClN3O2S. The van der Waals surface area contributed by atoms with Gasteiger partial charge in [-0.3, -0.25) is 14.6 Å². The van der Waals surface area contributed by atoms with Crippen LogP contribution in [0, 0.1) is 11.3 Å². The minimum Gasteiger partial charge on any atom is -0.489 e. The van der Waals surface area contributed by atoms with Gasteiger partial charge in [-0.05, 0) is 29.3 Å². The van der Waals surface area contributed by atoms with Gasteiger partial charge in [0.1, 0.15) is 12.4 Å². The van der Waals surface area contributed by atoms with Gasteiger partial charge in [0.25, 0.3) is 0 Å². The fraction of sp³-hybridized carbons (Fsp3) is 0.214. The van der Waals surface area contributed by atoms with Gasteiger partial charge >= 0.3 is 0 Å². The maximum atomic E-state index is 13.1. The molecule has 35 heavy (non-hydrogen) atoms. The topological polar surface area (TPSA) is 56.6 Å². The number of nitrogens with zero attached hydrogens (tertiary/aromatic N) is 3. The maximum Gasteiger partial charge on any atom is 0.229 e. The van der Waals surface area contributed by atoms with Crippen LogP contribution < -0.4 is 4.74 Å². The van der Waals surface area contributed by atoms with Gasteiger partial charge in [0, 0.05) is 29.5 Å². The Morgan fingerprint density at radius 3 is 2.51 bits per heavy atom. The molecule has 5 rings (SSSR count). The molecule has 0 aliphatic carbocycles. The van der Waals surface area contributed by atoms with E-state index in [1.807, 2.05) is 66.7 Å². The summed E-state index contributed by atoms with van der Waals surface area (Å²) in [6.07, 6.45) is 0.284. The molecule has 1 fully saturated rings. The number of benzene rings is 3. The van der Waals surface area contributed by atoms with E-state index < -0.39 is 0 Å². The van der Waals surface area contributed by atoms with Crippen molar-refractivity contribution in [1.29, 1.82) is 5.26 Å². The van der Waals surface area contributed by atoms with Crippen molar-refractivity contribution in [2.75, 3.05) is 12.5 Å². The quantitative estimate of drug-likeness (QED) is 0.406. The van der Waals surface area contributed by atoms with E-state index in [1.165, 1.54) is 5.56 Å². The zero-order valence-corrected chi connectivity index (χ0v) is 20.6. The van der Waals surface area contributed by atoms with Crippen LogP contribution in [0.2, 0.25) is 5.02 Å². The third-order valence-electron chi connectivity index (χ3n) is 6.23. The first-order valence-electron chi connectivity index (χ1n) is 11.4. The zero-order chi connectivity index (χ0) is 24.2. The van der Waals surface area contributed by atoms with Crippen LogP contribution in [0.3, 0.4) is 0 Å². The largest absolute Gasteiger partial charge is 0.489 e. The Morgan fingerprint density at radius 1 is 1.03 bits per heavy atom. The summed E-state index contributed by atoms with van der Waals surface area (Å²) in [6, 6.07) is 27.9. The van der Waals surface area contributed by atoms with Crippen molar-refractivity contribution in [3.8, 4) is 11.8 Å². The van der Waals surface area contributed by atoms with Crippen LogP contribution >= 0.6 is 23.4 Å². The molecule has 2 aliphatic rings. The van der Waals surface area contributed by atoms with Crippen molar-refractivity contribution in [3.05, 3.63) is 111 Å². The lowest BCUT2D eigenvalue weighted by Gasteiger charge is -2.41. The first-order valence-corrected chi connectivity index (χ1v) is 12.8. The number of nitriles is 1.